The third kappa shape index (κ3) is 6.52. The number of piperidine rings is 1. The number of aromatic nitrogens is 4. The summed E-state index contributed by atoms with van der Waals surface area (Å²) in [6.07, 6.45) is 5.21. The molecule has 1 fully saturated rings. The van der Waals surface area contributed by atoms with E-state index in [1.54, 1.807) is 36.1 Å². The van der Waals surface area contributed by atoms with Crippen LogP contribution in [0.1, 0.15) is 59.9 Å². The molecule has 0 saturated carbocycles. The molecule has 5 rings (SSSR count). The predicted molar refractivity (Wildman–Crippen MR) is 162 cm³/mol. The lowest BCUT2D eigenvalue weighted by atomic mass is 9.86. The maximum absolute atomic E-state index is 13.0. The number of anilines is 3. The number of likely N-dealkylation sites (N-methyl/N-ethyl adjacent to an activating group) is 1. The van der Waals surface area contributed by atoms with Crippen LogP contribution in [0.5, 0.6) is 0 Å². The second-order valence-electron chi connectivity index (χ2n) is 11.7. The van der Waals surface area contributed by atoms with Crippen LogP contribution < -0.4 is 15.5 Å². The van der Waals surface area contributed by atoms with Crippen LogP contribution in [0, 0.1) is 0 Å². The molecule has 11 heteroatoms. The summed E-state index contributed by atoms with van der Waals surface area (Å²) < 4.78 is 1.69. The number of carbonyl (C=O) groups is 2. The number of aliphatic hydroxyl groups is 1. The van der Waals surface area contributed by atoms with Gasteiger partial charge in [-0.15, -0.1) is 5.10 Å². The van der Waals surface area contributed by atoms with Crippen molar-refractivity contribution in [3.05, 3.63) is 77.6 Å². The zero-order chi connectivity index (χ0) is 29.9. The number of aliphatic hydroxyl groups excluding tert-OH is 1. The zero-order valence-corrected chi connectivity index (χ0v) is 24.5. The summed E-state index contributed by atoms with van der Waals surface area (Å²) >= 11 is 0. The first-order valence-corrected chi connectivity index (χ1v) is 14.2. The standard InChI is InChI=1S/C31H38N8O3/c1-31(2,3)23-11-7-21(8-12-23)28(41)34-25-6-5-16-38(20-25)30-35-26(27-32-15-17-39(27)36-30)33-24-13-9-22(10-14-24)29(42)37(4)18-19-40/h7-15,17,25,40H,5-6,16,18-20H2,1-4H3,(H,34,41)(H,33,35,36)/t25-/m1/s1. The highest BCUT2D eigenvalue weighted by Crippen LogP contribution is 2.25. The number of carbonyl (C=O) groups excluding carboxylic acids is 2. The van der Waals surface area contributed by atoms with Gasteiger partial charge >= 0.3 is 0 Å². The summed E-state index contributed by atoms with van der Waals surface area (Å²) in [7, 11) is 1.66. The lowest BCUT2D eigenvalue weighted by Gasteiger charge is -2.33. The largest absolute Gasteiger partial charge is 0.395 e. The number of nitrogens with one attached hydrogen (secondary N) is 2. The molecule has 2 aromatic heterocycles. The van der Waals surface area contributed by atoms with Crippen molar-refractivity contribution < 1.29 is 14.7 Å². The Morgan fingerprint density at radius 2 is 1.79 bits per heavy atom. The first kappa shape index (κ1) is 29.0. The molecule has 0 unspecified atom stereocenters. The second-order valence-corrected chi connectivity index (χ2v) is 11.7. The maximum atomic E-state index is 13.0. The van der Waals surface area contributed by atoms with Gasteiger partial charge in [0.1, 0.15) is 0 Å². The van der Waals surface area contributed by atoms with Crippen LogP contribution >= 0.6 is 0 Å². The van der Waals surface area contributed by atoms with Crippen LogP contribution in [0.15, 0.2) is 60.9 Å². The van der Waals surface area contributed by atoms with Gasteiger partial charge in [0.05, 0.1) is 6.61 Å². The normalized spacial score (nSPS) is 15.5. The molecule has 11 nitrogen and oxygen atoms in total. The zero-order valence-electron chi connectivity index (χ0n) is 24.5. The lowest BCUT2D eigenvalue weighted by molar-refractivity contribution is 0.0766. The van der Waals surface area contributed by atoms with E-state index in [0.29, 0.717) is 35.1 Å². The van der Waals surface area contributed by atoms with Crippen LogP contribution in [0.25, 0.3) is 5.65 Å². The van der Waals surface area contributed by atoms with E-state index in [4.69, 9.17) is 10.1 Å². The minimum absolute atomic E-state index is 0.0308. The summed E-state index contributed by atoms with van der Waals surface area (Å²) in [5.41, 5.74) is 3.71. The summed E-state index contributed by atoms with van der Waals surface area (Å²) in [4.78, 5) is 38.3. The van der Waals surface area contributed by atoms with Gasteiger partial charge in [-0.3, -0.25) is 9.59 Å². The van der Waals surface area contributed by atoms with E-state index in [-0.39, 0.29) is 36.4 Å². The summed E-state index contributed by atoms with van der Waals surface area (Å²) in [5, 5.41) is 20.3. The van der Waals surface area contributed by atoms with Crippen molar-refractivity contribution in [1.82, 2.24) is 29.8 Å². The van der Waals surface area contributed by atoms with Crippen molar-refractivity contribution >= 4 is 34.9 Å². The fraction of sp³-hybridized carbons (Fsp3) is 0.387. The topological polar surface area (TPSA) is 128 Å². The Balaban J connectivity index is 1.29. The Bertz CT molecular complexity index is 1540. The van der Waals surface area contributed by atoms with Gasteiger partial charge in [-0.05, 0) is 60.2 Å². The van der Waals surface area contributed by atoms with Crippen molar-refractivity contribution in [2.45, 2.75) is 45.1 Å². The maximum Gasteiger partial charge on any atom is 0.253 e. The molecule has 2 amide bonds. The summed E-state index contributed by atoms with van der Waals surface area (Å²) in [5.74, 6) is 0.824. The summed E-state index contributed by atoms with van der Waals surface area (Å²) in [6.45, 7) is 8.00. The molecule has 1 aliphatic heterocycles. The Labute approximate surface area is 245 Å². The molecule has 3 N–H and O–H groups in total. The Morgan fingerprint density at radius 1 is 1.07 bits per heavy atom. The first-order valence-electron chi connectivity index (χ1n) is 14.2. The van der Waals surface area contributed by atoms with Crippen LogP contribution in [0.3, 0.4) is 0 Å². The number of amides is 2. The van der Waals surface area contributed by atoms with Gasteiger partial charge in [-0.25, -0.2) is 9.50 Å². The molecule has 2 aromatic carbocycles. The molecule has 220 valence electrons. The highest BCUT2D eigenvalue weighted by molar-refractivity contribution is 5.95. The van der Waals surface area contributed by atoms with E-state index in [0.717, 1.165) is 25.1 Å². The van der Waals surface area contributed by atoms with Crippen molar-refractivity contribution in [1.29, 1.82) is 0 Å². The minimum Gasteiger partial charge on any atom is -0.395 e. The number of imidazole rings is 1. The van der Waals surface area contributed by atoms with Crippen LogP contribution in [0.4, 0.5) is 17.5 Å². The molecule has 1 aliphatic rings. The fourth-order valence-corrected chi connectivity index (χ4v) is 5.01. The Kier molecular flexibility index (Phi) is 8.39. The molecular formula is C31H38N8O3. The molecule has 1 atom stereocenters. The van der Waals surface area contributed by atoms with Crippen LogP contribution in [-0.4, -0.2) is 80.7 Å². The Morgan fingerprint density at radius 3 is 2.48 bits per heavy atom. The number of hydrogen-bond donors (Lipinski definition) is 3. The summed E-state index contributed by atoms with van der Waals surface area (Å²) in [6, 6.07) is 14.9. The monoisotopic (exact) mass is 570 g/mol. The van der Waals surface area contributed by atoms with E-state index in [9.17, 15) is 9.59 Å². The minimum atomic E-state index is -0.163. The smallest absolute Gasteiger partial charge is 0.253 e. The van der Waals surface area contributed by atoms with Crippen LogP contribution in [0.2, 0.25) is 0 Å². The molecular weight excluding hydrogens is 532 g/mol. The van der Waals surface area contributed by atoms with Gasteiger partial charge in [0.2, 0.25) is 5.95 Å². The van der Waals surface area contributed by atoms with Gasteiger partial charge < -0.3 is 25.5 Å². The van der Waals surface area contributed by atoms with Crippen LogP contribution in [-0.2, 0) is 5.41 Å². The van der Waals surface area contributed by atoms with E-state index in [1.807, 2.05) is 36.4 Å². The van der Waals surface area contributed by atoms with Crippen molar-refractivity contribution in [2.24, 2.45) is 0 Å². The SMILES string of the molecule is CN(CCO)C(=O)c1ccc(Nc2nc(N3CCC[C@@H](NC(=O)c4ccc(C(C)(C)C)cc4)C3)nn3ccnc23)cc1. The van der Waals surface area contributed by atoms with E-state index in [2.05, 4.69) is 46.4 Å². The fourth-order valence-electron chi connectivity index (χ4n) is 5.01. The molecule has 0 bridgehead atoms. The number of benzene rings is 2. The van der Waals surface area contributed by atoms with Crippen molar-refractivity contribution in [3.63, 3.8) is 0 Å². The molecule has 3 heterocycles. The van der Waals surface area contributed by atoms with Gasteiger partial charge in [0.15, 0.2) is 11.5 Å². The predicted octanol–water partition coefficient (Wildman–Crippen LogP) is 3.63. The highest BCUT2D eigenvalue weighted by Gasteiger charge is 2.25. The third-order valence-corrected chi connectivity index (χ3v) is 7.47. The third-order valence-electron chi connectivity index (χ3n) is 7.47. The molecule has 0 aliphatic carbocycles. The first-order chi connectivity index (χ1) is 20.1. The lowest BCUT2D eigenvalue weighted by Crippen LogP contribution is -2.48. The van der Waals surface area contributed by atoms with Gasteiger partial charge in [-0.2, -0.15) is 4.98 Å². The molecule has 1 saturated heterocycles. The number of nitrogens with zero attached hydrogens (tertiary/aromatic N) is 6. The van der Waals surface area contributed by atoms with E-state index >= 15 is 0 Å². The van der Waals surface area contributed by atoms with Gasteiger partial charge in [-0.1, -0.05) is 32.9 Å². The number of rotatable bonds is 8. The molecule has 4 aromatic rings. The van der Waals surface area contributed by atoms with Gasteiger partial charge in [0.25, 0.3) is 11.8 Å². The average molecular weight is 571 g/mol. The highest BCUT2D eigenvalue weighted by atomic mass is 16.3. The Hall–Kier alpha value is -4.51. The quantitative estimate of drug-likeness (QED) is 0.293. The number of fused-ring (bicyclic) bond motifs is 1. The average Bonchev–Trinajstić information content (AvgIpc) is 3.46. The molecule has 0 radical (unpaired) electrons. The van der Waals surface area contributed by atoms with Crippen molar-refractivity contribution in [3.8, 4) is 0 Å². The molecule has 42 heavy (non-hydrogen) atoms. The van der Waals surface area contributed by atoms with E-state index < -0.39 is 0 Å². The second kappa shape index (κ2) is 12.2. The van der Waals surface area contributed by atoms with Crippen molar-refractivity contribution in [2.75, 3.05) is 43.5 Å². The van der Waals surface area contributed by atoms with Gasteiger partial charge in [0, 0.05) is 61.9 Å². The van der Waals surface area contributed by atoms with E-state index in [1.165, 1.54) is 10.5 Å². The number of hydrogen-bond acceptors (Lipinski definition) is 8. The molecule has 0 spiro atoms.